The quantitative estimate of drug-likeness (QED) is 0.615. The van der Waals surface area contributed by atoms with Gasteiger partial charge in [0.25, 0.3) is 0 Å². The number of nitrogens with one attached hydrogen (secondary N) is 2. The Morgan fingerprint density at radius 2 is 1.97 bits per heavy atom. The number of nitrogens with zero attached hydrogens (tertiary/aromatic N) is 1. The lowest BCUT2D eigenvalue weighted by Gasteiger charge is -2.32. The molecule has 1 saturated carbocycles. The molecular formula is C25H33N3O5. The number of likely N-dealkylation sites (tertiary alicyclic amines) is 1. The van der Waals surface area contributed by atoms with Crippen molar-refractivity contribution in [2.75, 3.05) is 13.1 Å². The third kappa shape index (κ3) is 5.54. The Kier molecular flexibility index (Phi) is 7.30. The van der Waals surface area contributed by atoms with Gasteiger partial charge in [0.05, 0.1) is 6.04 Å². The van der Waals surface area contributed by atoms with Gasteiger partial charge in [0, 0.05) is 19.0 Å². The minimum absolute atomic E-state index is 0.0754. The first-order chi connectivity index (χ1) is 16.0. The summed E-state index contributed by atoms with van der Waals surface area (Å²) in [6.45, 7) is 1.23. The number of carbonyl (C=O) groups excluding carboxylic acids is 4. The van der Waals surface area contributed by atoms with Crippen LogP contribution in [0.1, 0.15) is 56.9 Å². The largest absolute Gasteiger partial charge is 0.445 e. The number of rotatable bonds is 7. The second-order valence-electron chi connectivity index (χ2n) is 9.71. The Bertz CT molecular complexity index is 868. The molecule has 8 heteroatoms. The van der Waals surface area contributed by atoms with Crippen LogP contribution < -0.4 is 10.6 Å². The van der Waals surface area contributed by atoms with Gasteiger partial charge in [0.2, 0.25) is 11.8 Å². The van der Waals surface area contributed by atoms with Crippen LogP contribution in [0, 0.1) is 11.3 Å². The number of amides is 3. The van der Waals surface area contributed by atoms with Gasteiger partial charge in [-0.3, -0.25) is 14.5 Å². The van der Waals surface area contributed by atoms with Crippen molar-refractivity contribution in [1.82, 2.24) is 15.5 Å². The van der Waals surface area contributed by atoms with Crippen LogP contribution in [0.15, 0.2) is 30.3 Å². The van der Waals surface area contributed by atoms with Crippen LogP contribution in [0.25, 0.3) is 0 Å². The molecule has 1 spiro atoms. The van der Waals surface area contributed by atoms with E-state index in [0.29, 0.717) is 32.2 Å². The smallest absolute Gasteiger partial charge is 0.410 e. The minimum atomic E-state index is -0.753. The molecule has 2 N–H and O–H groups in total. The molecule has 3 amide bonds. The van der Waals surface area contributed by atoms with Gasteiger partial charge < -0.3 is 20.2 Å². The van der Waals surface area contributed by atoms with E-state index in [1.165, 1.54) is 6.42 Å². The SMILES string of the molecule is O=C[C@H](C[C@@H]1CCNC1=O)NC(=O)C1CC2(CCCCC2)CN1C(=O)OCc1ccccc1. The van der Waals surface area contributed by atoms with Gasteiger partial charge in [-0.2, -0.15) is 0 Å². The fourth-order valence-electron chi connectivity index (χ4n) is 5.55. The highest BCUT2D eigenvalue weighted by Gasteiger charge is 2.49. The molecule has 3 atom stereocenters. The van der Waals surface area contributed by atoms with Crippen LogP contribution in [0.2, 0.25) is 0 Å². The average molecular weight is 456 g/mol. The summed E-state index contributed by atoms with van der Waals surface area (Å²) in [6, 6.07) is 8.02. The second kappa shape index (κ2) is 10.4. The van der Waals surface area contributed by atoms with Crippen LogP contribution in [-0.4, -0.2) is 54.3 Å². The van der Waals surface area contributed by atoms with Crippen LogP contribution in [-0.2, 0) is 25.7 Å². The van der Waals surface area contributed by atoms with E-state index in [4.69, 9.17) is 4.74 Å². The van der Waals surface area contributed by atoms with Gasteiger partial charge in [0.1, 0.15) is 18.9 Å². The maximum Gasteiger partial charge on any atom is 0.410 e. The summed E-state index contributed by atoms with van der Waals surface area (Å²) in [7, 11) is 0. The van der Waals surface area contributed by atoms with Crippen molar-refractivity contribution < 1.29 is 23.9 Å². The predicted molar refractivity (Wildman–Crippen MR) is 121 cm³/mol. The molecule has 33 heavy (non-hydrogen) atoms. The van der Waals surface area contributed by atoms with Gasteiger partial charge >= 0.3 is 6.09 Å². The molecule has 2 heterocycles. The first-order valence-electron chi connectivity index (χ1n) is 12.0. The summed E-state index contributed by atoms with van der Waals surface area (Å²) in [5.74, 6) is -0.699. The molecule has 2 saturated heterocycles. The lowest BCUT2D eigenvalue weighted by Crippen LogP contribution is -2.50. The van der Waals surface area contributed by atoms with E-state index in [1.54, 1.807) is 4.90 Å². The third-order valence-corrected chi connectivity index (χ3v) is 7.36. The minimum Gasteiger partial charge on any atom is -0.445 e. The van der Waals surface area contributed by atoms with Gasteiger partial charge in [0.15, 0.2) is 0 Å². The van der Waals surface area contributed by atoms with Crippen LogP contribution in [0.4, 0.5) is 4.79 Å². The Balaban J connectivity index is 1.43. The first-order valence-corrected chi connectivity index (χ1v) is 12.0. The number of hydrogen-bond donors (Lipinski definition) is 2. The van der Waals surface area contributed by atoms with E-state index in [9.17, 15) is 19.2 Å². The highest BCUT2D eigenvalue weighted by atomic mass is 16.6. The monoisotopic (exact) mass is 455 g/mol. The predicted octanol–water partition coefficient (Wildman–Crippen LogP) is 2.56. The molecule has 4 rings (SSSR count). The van der Waals surface area contributed by atoms with Gasteiger partial charge in [-0.25, -0.2) is 4.79 Å². The molecule has 0 bridgehead atoms. The highest BCUT2D eigenvalue weighted by molar-refractivity contribution is 5.88. The molecule has 0 aromatic heterocycles. The molecule has 1 aliphatic carbocycles. The maximum atomic E-state index is 13.3. The Labute approximate surface area is 194 Å². The molecule has 3 aliphatic rings. The Morgan fingerprint density at radius 1 is 1.21 bits per heavy atom. The van der Waals surface area contributed by atoms with Crippen LogP contribution in [0.5, 0.6) is 0 Å². The molecule has 0 radical (unpaired) electrons. The zero-order chi connectivity index (χ0) is 23.3. The van der Waals surface area contributed by atoms with Crippen molar-refractivity contribution in [1.29, 1.82) is 0 Å². The fourth-order valence-corrected chi connectivity index (χ4v) is 5.55. The van der Waals surface area contributed by atoms with Crippen molar-refractivity contribution in [2.24, 2.45) is 11.3 Å². The second-order valence-corrected chi connectivity index (χ2v) is 9.71. The van der Waals surface area contributed by atoms with Gasteiger partial charge in [-0.1, -0.05) is 49.6 Å². The van der Waals surface area contributed by atoms with E-state index in [0.717, 1.165) is 31.2 Å². The summed E-state index contributed by atoms with van der Waals surface area (Å²) in [5.41, 5.74) is 0.808. The molecule has 3 fully saturated rings. The van der Waals surface area contributed by atoms with Crippen molar-refractivity contribution >= 4 is 24.2 Å². The number of hydrogen-bond acceptors (Lipinski definition) is 5. The molecule has 1 unspecified atom stereocenters. The zero-order valence-corrected chi connectivity index (χ0v) is 19.0. The lowest BCUT2D eigenvalue weighted by molar-refractivity contribution is -0.128. The van der Waals surface area contributed by atoms with Crippen LogP contribution >= 0.6 is 0 Å². The summed E-state index contributed by atoms with van der Waals surface area (Å²) in [6.07, 6.45) is 7.02. The zero-order valence-electron chi connectivity index (χ0n) is 19.0. The molecule has 2 aliphatic heterocycles. The summed E-state index contributed by atoms with van der Waals surface area (Å²) in [4.78, 5) is 51.4. The van der Waals surface area contributed by atoms with Crippen LogP contribution in [0.3, 0.4) is 0 Å². The number of benzene rings is 1. The topological polar surface area (TPSA) is 105 Å². The highest BCUT2D eigenvalue weighted by Crippen LogP contribution is 2.46. The van der Waals surface area contributed by atoms with E-state index in [2.05, 4.69) is 10.6 Å². The molecule has 8 nitrogen and oxygen atoms in total. The van der Waals surface area contributed by atoms with E-state index in [1.807, 2.05) is 30.3 Å². The average Bonchev–Trinajstić information content (AvgIpc) is 3.41. The van der Waals surface area contributed by atoms with Crippen molar-refractivity contribution in [3.8, 4) is 0 Å². The fraction of sp³-hybridized carbons (Fsp3) is 0.600. The molecule has 1 aromatic rings. The Morgan fingerprint density at radius 3 is 2.64 bits per heavy atom. The van der Waals surface area contributed by atoms with Crippen molar-refractivity contribution in [3.05, 3.63) is 35.9 Å². The number of carbonyl (C=O) groups is 4. The molecule has 178 valence electrons. The molecular weight excluding hydrogens is 422 g/mol. The third-order valence-electron chi connectivity index (χ3n) is 7.36. The standard InChI is InChI=1S/C25H33N3O5/c29-15-20(13-19-9-12-26-22(19)30)27-23(31)21-14-25(10-5-2-6-11-25)17-28(21)24(32)33-16-18-7-3-1-4-8-18/h1,3-4,7-8,15,19-21H,2,5-6,9-14,16-17H2,(H,26,30)(H,27,31)/t19-,20-,21?/m0/s1. The number of aldehydes is 1. The maximum absolute atomic E-state index is 13.3. The molecule has 1 aromatic carbocycles. The summed E-state index contributed by atoms with van der Waals surface area (Å²) >= 11 is 0. The number of ether oxygens (including phenoxy) is 1. The van der Waals surface area contributed by atoms with E-state index < -0.39 is 18.2 Å². The van der Waals surface area contributed by atoms with E-state index in [-0.39, 0.29) is 36.2 Å². The summed E-state index contributed by atoms with van der Waals surface area (Å²) in [5, 5.41) is 5.56. The summed E-state index contributed by atoms with van der Waals surface area (Å²) < 4.78 is 5.56. The van der Waals surface area contributed by atoms with Crippen molar-refractivity contribution in [2.45, 2.75) is 70.1 Å². The first kappa shape index (κ1) is 23.3. The van der Waals surface area contributed by atoms with Gasteiger partial charge in [-0.15, -0.1) is 0 Å². The lowest BCUT2D eigenvalue weighted by atomic mass is 9.72. The van der Waals surface area contributed by atoms with Gasteiger partial charge in [-0.05, 0) is 43.1 Å². The van der Waals surface area contributed by atoms with E-state index >= 15 is 0 Å². The normalized spacial score (nSPS) is 24.8. The Hall–Kier alpha value is -2.90. The van der Waals surface area contributed by atoms with Crippen molar-refractivity contribution in [3.63, 3.8) is 0 Å².